The Bertz CT molecular complexity index is 580. The van der Waals surface area contributed by atoms with E-state index in [9.17, 15) is 4.39 Å². The van der Waals surface area contributed by atoms with E-state index in [1.807, 2.05) is 0 Å². The Hall–Kier alpha value is -1.78. The number of methoxy groups -OCH3 is 2. The largest absolute Gasteiger partial charge is 0.496 e. The van der Waals surface area contributed by atoms with Crippen LogP contribution in [0.5, 0.6) is 11.5 Å². The minimum absolute atomic E-state index is 0.302. The zero-order chi connectivity index (χ0) is 15.4. The van der Waals surface area contributed by atoms with E-state index in [4.69, 9.17) is 21.1 Å². The molecule has 0 aliphatic carbocycles. The van der Waals surface area contributed by atoms with Crippen molar-refractivity contribution in [3.05, 3.63) is 58.4 Å². The molecule has 0 aliphatic rings. The lowest BCUT2D eigenvalue weighted by atomic mass is 9.97. The van der Waals surface area contributed by atoms with Crippen LogP contribution in [0.3, 0.4) is 0 Å². The molecule has 2 rings (SSSR count). The lowest BCUT2D eigenvalue weighted by Gasteiger charge is -2.22. The van der Waals surface area contributed by atoms with E-state index < -0.39 is 0 Å². The smallest absolute Gasteiger partial charge is 0.124 e. The monoisotopic (exact) mass is 309 g/mol. The first-order valence-corrected chi connectivity index (χ1v) is 6.82. The van der Waals surface area contributed by atoms with Crippen LogP contribution in [-0.2, 0) is 0 Å². The molecular weight excluding hydrogens is 293 g/mol. The van der Waals surface area contributed by atoms with Crippen LogP contribution in [0.2, 0.25) is 5.02 Å². The molecule has 0 aliphatic heterocycles. The van der Waals surface area contributed by atoms with Crippen molar-refractivity contribution in [3.63, 3.8) is 0 Å². The lowest BCUT2D eigenvalue weighted by molar-refractivity contribution is 0.395. The first kappa shape index (κ1) is 15.6. The summed E-state index contributed by atoms with van der Waals surface area (Å²) in [6.07, 6.45) is 0. The highest BCUT2D eigenvalue weighted by Gasteiger charge is 2.21. The number of ether oxygens (including phenoxy) is 2. The average molecular weight is 310 g/mol. The third-order valence-electron chi connectivity index (χ3n) is 3.29. The average Bonchev–Trinajstić information content (AvgIpc) is 2.48. The second kappa shape index (κ2) is 6.78. The van der Waals surface area contributed by atoms with Gasteiger partial charge in [-0.2, -0.15) is 0 Å². The quantitative estimate of drug-likeness (QED) is 0.911. The van der Waals surface area contributed by atoms with Crippen molar-refractivity contribution in [2.24, 2.45) is 0 Å². The van der Waals surface area contributed by atoms with Crippen molar-refractivity contribution < 1.29 is 13.9 Å². The number of benzene rings is 2. The molecule has 21 heavy (non-hydrogen) atoms. The third kappa shape index (κ3) is 3.28. The fourth-order valence-electron chi connectivity index (χ4n) is 2.34. The number of nitrogens with one attached hydrogen (secondary N) is 1. The summed E-state index contributed by atoms with van der Waals surface area (Å²) in [5.74, 6) is 0.940. The van der Waals surface area contributed by atoms with Crippen LogP contribution in [-0.4, -0.2) is 21.3 Å². The second-order valence-corrected chi connectivity index (χ2v) is 4.93. The summed E-state index contributed by atoms with van der Waals surface area (Å²) in [6.45, 7) is 0. The van der Waals surface area contributed by atoms with Gasteiger partial charge in [-0.3, -0.25) is 0 Å². The van der Waals surface area contributed by atoms with Crippen molar-refractivity contribution in [2.45, 2.75) is 6.04 Å². The van der Waals surface area contributed by atoms with E-state index in [1.54, 1.807) is 45.5 Å². The van der Waals surface area contributed by atoms with Crippen molar-refractivity contribution in [2.75, 3.05) is 21.3 Å². The zero-order valence-electron chi connectivity index (χ0n) is 12.1. The maximum absolute atomic E-state index is 13.6. The maximum atomic E-state index is 13.6. The Balaban J connectivity index is 2.59. The van der Waals surface area contributed by atoms with Gasteiger partial charge < -0.3 is 14.8 Å². The lowest BCUT2D eigenvalue weighted by Crippen LogP contribution is -2.19. The Morgan fingerprint density at radius 3 is 2.14 bits per heavy atom. The third-order valence-corrected chi connectivity index (χ3v) is 3.53. The zero-order valence-corrected chi connectivity index (χ0v) is 12.9. The fourth-order valence-corrected chi connectivity index (χ4v) is 2.52. The molecule has 1 atom stereocenters. The summed E-state index contributed by atoms with van der Waals surface area (Å²) in [5.41, 5.74) is 1.50. The molecule has 0 bridgehead atoms. The minimum atomic E-state index is -0.327. The normalized spacial score (nSPS) is 12.0. The predicted octanol–water partition coefficient (Wildman–Crippen LogP) is 3.81. The Morgan fingerprint density at radius 1 is 1.00 bits per heavy atom. The number of halogens is 2. The maximum Gasteiger partial charge on any atom is 0.124 e. The Morgan fingerprint density at radius 2 is 1.57 bits per heavy atom. The predicted molar refractivity (Wildman–Crippen MR) is 81.9 cm³/mol. The second-order valence-electron chi connectivity index (χ2n) is 4.49. The molecule has 3 nitrogen and oxygen atoms in total. The highest BCUT2D eigenvalue weighted by Crippen LogP contribution is 2.36. The summed E-state index contributed by atoms with van der Waals surface area (Å²) in [7, 11) is 4.93. The van der Waals surface area contributed by atoms with E-state index in [2.05, 4.69) is 5.32 Å². The van der Waals surface area contributed by atoms with Crippen LogP contribution in [0, 0.1) is 5.82 Å². The van der Waals surface area contributed by atoms with Crippen LogP contribution in [0.4, 0.5) is 4.39 Å². The molecule has 0 spiro atoms. The van der Waals surface area contributed by atoms with Gasteiger partial charge in [-0.15, -0.1) is 0 Å². The van der Waals surface area contributed by atoms with Crippen molar-refractivity contribution >= 4 is 11.6 Å². The first-order valence-electron chi connectivity index (χ1n) is 6.44. The fraction of sp³-hybridized carbons (Fsp3) is 0.250. The molecule has 5 heteroatoms. The summed E-state index contributed by atoms with van der Waals surface area (Å²) in [6, 6.07) is 9.44. The molecule has 0 amide bonds. The summed E-state index contributed by atoms with van der Waals surface area (Å²) >= 11 is 6.08. The molecule has 1 unspecified atom stereocenters. The molecule has 0 fully saturated rings. The van der Waals surface area contributed by atoms with Crippen LogP contribution in [0.15, 0.2) is 36.4 Å². The highest BCUT2D eigenvalue weighted by molar-refractivity contribution is 6.30. The summed E-state index contributed by atoms with van der Waals surface area (Å²) < 4.78 is 24.3. The van der Waals surface area contributed by atoms with Crippen molar-refractivity contribution in [1.82, 2.24) is 5.32 Å². The van der Waals surface area contributed by atoms with E-state index >= 15 is 0 Å². The molecule has 112 valence electrons. The summed E-state index contributed by atoms with van der Waals surface area (Å²) in [5, 5.41) is 3.74. The van der Waals surface area contributed by atoms with Gasteiger partial charge in [0.15, 0.2) is 0 Å². The van der Waals surface area contributed by atoms with Gasteiger partial charge in [-0.25, -0.2) is 4.39 Å². The van der Waals surface area contributed by atoms with Gasteiger partial charge in [0.2, 0.25) is 0 Å². The van der Waals surface area contributed by atoms with Gasteiger partial charge in [-0.1, -0.05) is 11.6 Å². The SMILES string of the molecule is CNC(c1cc(F)ccc1OC)c1cc(Cl)ccc1OC. The Labute approximate surface area is 128 Å². The van der Waals surface area contributed by atoms with E-state index in [-0.39, 0.29) is 11.9 Å². The molecule has 1 N–H and O–H groups in total. The van der Waals surface area contributed by atoms with Crippen LogP contribution < -0.4 is 14.8 Å². The van der Waals surface area contributed by atoms with Crippen molar-refractivity contribution in [1.29, 1.82) is 0 Å². The molecule has 0 saturated carbocycles. The molecule has 0 aromatic heterocycles. The standard InChI is InChI=1S/C16H17ClFNO2/c1-19-16(12-8-10(17)4-6-14(12)20-2)13-9-11(18)5-7-15(13)21-3/h4-9,16,19H,1-3H3. The molecule has 0 heterocycles. The van der Waals surface area contributed by atoms with E-state index in [0.717, 1.165) is 5.56 Å². The topological polar surface area (TPSA) is 30.5 Å². The van der Waals surface area contributed by atoms with E-state index in [0.29, 0.717) is 22.1 Å². The first-order chi connectivity index (χ1) is 10.1. The van der Waals surface area contributed by atoms with Gasteiger partial charge in [-0.05, 0) is 43.4 Å². The molecule has 2 aromatic carbocycles. The van der Waals surface area contributed by atoms with Crippen molar-refractivity contribution in [3.8, 4) is 11.5 Å². The van der Waals surface area contributed by atoms with Gasteiger partial charge in [0, 0.05) is 16.1 Å². The molecule has 0 saturated heterocycles. The number of rotatable bonds is 5. The summed E-state index contributed by atoms with van der Waals surface area (Å²) in [4.78, 5) is 0. The molecule has 0 radical (unpaired) electrons. The van der Waals surface area contributed by atoms with E-state index in [1.165, 1.54) is 12.1 Å². The molecular formula is C16H17ClFNO2. The van der Waals surface area contributed by atoms with Gasteiger partial charge >= 0.3 is 0 Å². The number of hydrogen-bond donors (Lipinski definition) is 1. The highest BCUT2D eigenvalue weighted by atomic mass is 35.5. The van der Waals surface area contributed by atoms with Gasteiger partial charge in [0.05, 0.1) is 20.3 Å². The van der Waals surface area contributed by atoms with Gasteiger partial charge in [0.25, 0.3) is 0 Å². The Kier molecular flexibility index (Phi) is 5.04. The molecule has 2 aromatic rings. The minimum Gasteiger partial charge on any atom is -0.496 e. The van der Waals surface area contributed by atoms with Crippen LogP contribution in [0.1, 0.15) is 17.2 Å². The number of hydrogen-bond acceptors (Lipinski definition) is 3. The van der Waals surface area contributed by atoms with Gasteiger partial charge in [0.1, 0.15) is 17.3 Å². The van der Waals surface area contributed by atoms with Crippen LogP contribution >= 0.6 is 11.6 Å². The van der Waals surface area contributed by atoms with Crippen LogP contribution in [0.25, 0.3) is 0 Å².